The van der Waals surface area contributed by atoms with Gasteiger partial charge in [0.1, 0.15) is 12.4 Å². The van der Waals surface area contributed by atoms with E-state index in [0.29, 0.717) is 0 Å². The Morgan fingerprint density at radius 2 is 1.88 bits per heavy atom. The van der Waals surface area contributed by atoms with Crippen molar-refractivity contribution >= 4 is 11.4 Å². The van der Waals surface area contributed by atoms with Crippen molar-refractivity contribution in [2.75, 3.05) is 5.32 Å². The lowest BCUT2D eigenvalue weighted by molar-refractivity contribution is -0.662. The minimum atomic E-state index is 0.792. The SMILES string of the molecule is c1ccc(-[n+]2cc(-c3cccc(Nc4cccnc4)c3)n[nH]2)nc1. The van der Waals surface area contributed by atoms with E-state index in [2.05, 4.69) is 25.6 Å². The van der Waals surface area contributed by atoms with E-state index in [9.17, 15) is 0 Å². The van der Waals surface area contributed by atoms with Gasteiger partial charge in [0.15, 0.2) is 0 Å². The van der Waals surface area contributed by atoms with Crippen LogP contribution in [0, 0.1) is 0 Å². The van der Waals surface area contributed by atoms with E-state index in [1.165, 1.54) is 0 Å². The van der Waals surface area contributed by atoms with Gasteiger partial charge in [-0.05, 0) is 35.4 Å². The predicted octanol–water partition coefficient (Wildman–Crippen LogP) is 2.89. The van der Waals surface area contributed by atoms with Crippen LogP contribution in [-0.4, -0.2) is 20.3 Å². The number of nitrogens with one attached hydrogen (secondary N) is 2. The van der Waals surface area contributed by atoms with Gasteiger partial charge < -0.3 is 5.32 Å². The van der Waals surface area contributed by atoms with E-state index >= 15 is 0 Å². The highest BCUT2D eigenvalue weighted by Crippen LogP contribution is 2.22. The first-order chi connectivity index (χ1) is 11.9. The zero-order chi connectivity index (χ0) is 16.2. The van der Waals surface area contributed by atoms with Crippen molar-refractivity contribution in [1.29, 1.82) is 0 Å². The number of nitrogens with zero attached hydrogens (tertiary/aromatic N) is 4. The first-order valence-electron chi connectivity index (χ1n) is 7.54. The van der Waals surface area contributed by atoms with E-state index in [-0.39, 0.29) is 0 Å². The minimum absolute atomic E-state index is 0.792. The molecule has 0 saturated carbocycles. The number of anilines is 2. The summed E-state index contributed by atoms with van der Waals surface area (Å²) >= 11 is 0. The van der Waals surface area contributed by atoms with Gasteiger partial charge in [-0.1, -0.05) is 18.2 Å². The summed E-state index contributed by atoms with van der Waals surface area (Å²) in [7, 11) is 0. The molecule has 0 bridgehead atoms. The van der Waals surface area contributed by atoms with Gasteiger partial charge in [0.05, 0.1) is 11.9 Å². The molecule has 0 radical (unpaired) electrons. The van der Waals surface area contributed by atoms with Crippen LogP contribution in [0.25, 0.3) is 17.1 Å². The van der Waals surface area contributed by atoms with Gasteiger partial charge >= 0.3 is 0 Å². The molecular formula is C18H15N6+. The van der Waals surface area contributed by atoms with Crippen LogP contribution in [0.1, 0.15) is 0 Å². The summed E-state index contributed by atoms with van der Waals surface area (Å²) < 4.78 is 1.79. The third-order valence-corrected chi connectivity index (χ3v) is 3.53. The Balaban J connectivity index is 1.61. The Bertz CT molecular complexity index is 934. The molecule has 0 amide bonds. The van der Waals surface area contributed by atoms with Crippen LogP contribution < -0.4 is 10.00 Å². The second-order valence-electron chi connectivity index (χ2n) is 5.23. The Hall–Kier alpha value is -3.54. The number of rotatable bonds is 4. The van der Waals surface area contributed by atoms with Crippen LogP contribution in [0.3, 0.4) is 0 Å². The second kappa shape index (κ2) is 6.29. The fraction of sp³-hybridized carbons (Fsp3) is 0. The Morgan fingerprint density at radius 1 is 0.917 bits per heavy atom. The number of pyridine rings is 2. The summed E-state index contributed by atoms with van der Waals surface area (Å²) in [6.07, 6.45) is 7.21. The van der Waals surface area contributed by atoms with Crippen molar-refractivity contribution in [2.45, 2.75) is 0 Å². The summed E-state index contributed by atoms with van der Waals surface area (Å²) in [4.78, 5) is 8.41. The molecule has 0 aliphatic rings. The standard InChI is InChI=1S/C18H14N6/c1-2-10-20-18(8-1)24-13-17(22-23-24)14-5-3-6-15(11-14)21-16-7-4-9-19-12-16/h1-13,21H/p+1. The van der Waals surface area contributed by atoms with Crippen LogP contribution in [-0.2, 0) is 0 Å². The molecule has 6 heteroatoms. The van der Waals surface area contributed by atoms with E-state index in [1.54, 1.807) is 23.3 Å². The van der Waals surface area contributed by atoms with Crippen molar-refractivity contribution < 1.29 is 4.68 Å². The van der Waals surface area contributed by atoms with Crippen LogP contribution in [0.15, 0.2) is 79.4 Å². The van der Waals surface area contributed by atoms with Gasteiger partial charge in [-0.2, -0.15) is 0 Å². The fourth-order valence-corrected chi connectivity index (χ4v) is 2.40. The molecule has 4 rings (SSSR count). The van der Waals surface area contributed by atoms with Gasteiger partial charge in [0.2, 0.25) is 5.69 Å². The van der Waals surface area contributed by atoms with Crippen molar-refractivity contribution in [3.8, 4) is 17.1 Å². The first-order valence-corrected chi connectivity index (χ1v) is 7.54. The maximum absolute atomic E-state index is 4.37. The maximum Gasteiger partial charge on any atom is 0.283 e. The Morgan fingerprint density at radius 3 is 2.71 bits per heavy atom. The maximum atomic E-state index is 4.37. The molecule has 0 aliphatic carbocycles. The zero-order valence-corrected chi connectivity index (χ0v) is 12.8. The lowest BCUT2D eigenvalue weighted by Crippen LogP contribution is -2.32. The molecule has 4 aromatic rings. The van der Waals surface area contributed by atoms with Gasteiger partial charge in [0.25, 0.3) is 5.82 Å². The smallest absolute Gasteiger partial charge is 0.283 e. The molecule has 116 valence electrons. The molecular weight excluding hydrogens is 300 g/mol. The van der Waals surface area contributed by atoms with E-state index in [0.717, 1.165) is 28.5 Å². The van der Waals surface area contributed by atoms with E-state index in [4.69, 9.17) is 0 Å². The molecule has 3 aromatic heterocycles. The highest BCUT2D eigenvalue weighted by molar-refractivity contribution is 5.67. The molecule has 0 saturated heterocycles. The second-order valence-corrected chi connectivity index (χ2v) is 5.23. The average molecular weight is 315 g/mol. The highest BCUT2D eigenvalue weighted by Gasteiger charge is 2.12. The zero-order valence-electron chi connectivity index (χ0n) is 12.8. The van der Waals surface area contributed by atoms with Gasteiger partial charge in [0, 0.05) is 23.5 Å². The van der Waals surface area contributed by atoms with Gasteiger partial charge in [-0.25, -0.2) is 0 Å². The summed E-state index contributed by atoms with van der Waals surface area (Å²) in [5, 5.41) is 10.7. The molecule has 3 heterocycles. The topological polar surface area (TPSA) is 70.4 Å². The number of aromatic amines is 1. The summed E-state index contributed by atoms with van der Waals surface area (Å²) in [5.41, 5.74) is 3.78. The average Bonchev–Trinajstić information content (AvgIpc) is 3.14. The molecule has 0 fully saturated rings. The van der Waals surface area contributed by atoms with Crippen LogP contribution in [0.4, 0.5) is 11.4 Å². The van der Waals surface area contributed by atoms with Gasteiger partial charge in [-0.15, -0.1) is 14.9 Å². The number of H-pyrrole nitrogens is 1. The normalized spacial score (nSPS) is 10.5. The lowest BCUT2D eigenvalue weighted by Gasteiger charge is -2.06. The molecule has 1 aromatic carbocycles. The number of aromatic nitrogens is 5. The Kier molecular flexibility index (Phi) is 3.69. The molecule has 0 spiro atoms. The predicted molar refractivity (Wildman–Crippen MR) is 90.9 cm³/mol. The van der Waals surface area contributed by atoms with Crippen LogP contribution >= 0.6 is 0 Å². The molecule has 2 N–H and O–H groups in total. The number of benzene rings is 1. The van der Waals surface area contributed by atoms with Crippen molar-refractivity contribution in [2.24, 2.45) is 0 Å². The monoisotopic (exact) mass is 315 g/mol. The molecule has 0 atom stereocenters. The minimum Gasteiger partial charge on any atom is -0.354 e. The first kappa shape index (κ1) is 14.1. The Labute approximate surface area is 138 Å². The van der Waals surface area contributed by atoms with Crippen LogP contribution in [0.5, 0.6) is 0 Å². The largest absolute Gasteiger partial charge is 0.354 e. The number of hydrogen-bond acceptors (Lipinski definition) is 4. The summed E-state index contributed by atoms with van der Waals surface area (Å²) in [5.74, 6) is 0.792. The summed E-state index contributed by atoms with van der Waals surface area (Å²) in [6, 6.07) is 17.7. The van der Waals surface area contributed by atoms with Gasteiger partial charge in [-0.3, -0.25) is 4.98 Å². The molecule has 0 unspecified atom stereocenters. The van der Waals surface area contributed by atoms with Crippen LogP contribution in [0.2, 0.25) is 0 Å². The molecule has 0 aliphatic heterocycles. The lowest BCUT2D eigenvalue weighted by atomic mass is 10.1. The molecule has 24 heavy (non-hydrogen) atoms. The fourth-order valence-electron chi connectivity index (χ4n) is 2.40. The summed E-state index contributed by atoms with van der Waals surface area (Å²) in [6.45, 7) is 0. The third-order valence-electron chi connectivity index (χ3n) is 3.53. The van der Waals surface area contributed by atoms with Crippen molar-refractivity contribution in [3.05, 3.63) is 79.4 Å². The van der Waals surface area contributed by atoms with E-state index < -0.39 is 0 Å². The quantitative estimate of drug-likeness (QED) is 0.568. The van der Waals surface area contributed by atoms with Crippen molar-refractivity contribution in [3.63, 3.8) is 0 Å². The van der Waals surface area contributed by atoms with Crippen molar-refractivity contribution in [1.82, 2.24) is 20.3 Å². The highest BCUT2D eigenvalue weighted by atomic mass is 15.4. The number of hydrogen-bond donors (Lipinski definition) is 2. The van der Waals surface area contributed by atoms with E-state index in [1.807, 2.05) is 60.8 Å². The third kappa shape index (κ3) is 2.98. The molecule has 6 nitrogen and oxygen atoms in total.